The van der Waals surface area contributed by atoms with Gasteiger partial charge in [-0.3, -0.25) is 0 Å². The lowest BCUT2D eigenvalue weighted by molar-refractivity contribution is -0.134. The summed E-state index contributed by atoms with van der Waals surface area (Å²) in [7, 11) is 4.29. The fourth-order valence-electron chi connectivity index (χ4n) is 3.91. The van der Waals surface area contributed by atoms with Gasteiger partial charge in [0.2, 0.25) is 0 Å². The highest BCUT2D eigenvalue weighted by atomic mass is 16.4. The third-order valence-electron chi connectivity index (χ3n) is 5.31. The van der Waals surface area contributed by atoms with Crippen molar-refractivity contribution < 1.29 is 19.8 Å². The summed E-state index contributed by atoms with van der Waals surface area (Å²) in [4.78, 5) is 23.9. The highest BCUT2D eigenvalue weighted by Gasteiger charge is 2.20. The molecular formula is C25H29N3O4. The highest BCUT2D eigenvalue weighted by Crippen LogP contribution is 2.31. The first-order valence-corrected chi connectivity index (χ1v) is 10.5. The van der Waals surface area contributed by atoms with Crippen molar-refractivity contribution in [3.05, 3.63) is 78.0 Å². The Morgan fingerprint density at radius 1 is 0.969 bits per heavy atom. The molecule has 0 amide bonds. The molecule has 0 spiro atoms. The van der Waals surface area contributed by atoms with E-state index in [1.807, 2.05) is 0 Å². The predicted molar refractivity (Wildman–Crippen MR) is 126 cm³/mol. The number of para-hydroxylation sites is 2. The summed E-state index contributed by atoms with van der Waals surface area (Å²) in [5.41, 5.74) is 5.57. The number of anilines is 1. The molecule has 168 valence electrons. The van der Waals surface area contributed by atoms with Crippen molar-refractivity contribution in [2.24, 2.45) is 0 Å². The number of hydrogen-bond acceptors (Lipinski definition) is 4. The number of fused-ring (bicyclic) bond motifs is 4. The van der Waals surface area contributed by atoms with Crippen LogP contribution in [0.3, 0.4) is 0 Å². The second-order valence-corrected chi connectivity index (χ2v) is 8.00. The molecular weight excluding hydrogens is 406 g/mol. The van der Waals surface area contributed by atoms with Crippen LogP contribution >= 0.6 is 0 Å². The fraction of sp³-hybridized carbons (Fsp3) is 0.280. The Morgan fingerprint density at radius 2 is 1.62 bits per heavy atom. The second kappa shape index (κ2) is 10.6. The number of carboxylic acid groups (broad SMARTS) is 2. The third-order valence-corrected chi connectivity index (χ3v) is 5.31. The monoisotopic (exact) mass is 435 g/mol. The van der Waals surface area contributed by atoms with Crippen molar-refractivity contribution in [2.45, 2.75) is 19.5 Å². The van der Waals surface area contributed by atoms with E-state index in [1.54, 1.807) is 0 Å². The standard InChI is InChI=1S/C21H25N3.C4H4O4/c1-22(2)12-7-13-23-16-19-14-17-8-3-6-11-21(17)24(19)15-18-9-4-5-10-20(18)23;5-3(6)1-2-4(7)8/h3-6,8-11,14H,7,12-13,15-16H2,1-2H3;1-2H,(H,5,6)(H,7,8)/b;2-1+. The second-order valence-electron chi connectivity index (χ2n) is 8.00. The van der Waals surface area contributed by atoms with Gasteiger partial charge in [0.25, 0.3) is 0 Å². The number of benzene rings is 2. The van der Waals surface area contributed by atoms with Crippen molar-refractivity contribution in [3.63, 3.8) is 0 Å². The van der Waals surface area contributed by atoms with Crippen molar-refractivity contribution in [2.75, 3.05) is 32.1 Å². The van der Waals surface area contributed by atoms with Gasteiger partial charge in [-0.2, -0.15) is 0 Å². The summed E-state index contributed by atoms with van der Waals surface area (Å²) in [6.45, 7) is 4.17. The SMILES string of the molecule is CN(C)CCCN1Cc2cc3ccccc3n2Cc2ccccc21.O=C(O)/C=C/C(=O)O. The maximum Gasteiger partial charge on any atom is 0.328 e. The van der Waals surface area contributed by atoms with E-state index in [9.17, 15) is 9.59 Å². The zero-order chi connectivity index (χ0) is 23.1. The van der Waals surface area contributed by atoms with E-state index in [-0.39, 0.29) is 0 Å². The molecule has 0 atom stereocenters. The highest BCUT2D eigenvalue weighted by molar-refractivity contribution is 5.89. The topological polar surface area (TPSA) is 86.0 Å². The first-order valence-electron chi connectivity index (χ1n) is 10.5. The lowest BCUT2D eigenvalue weighted by atomic mass is 10.1. The van der Waals surface area contributed by atoms with Crippen LogP contribution in [0.2, 0.25) is 0 Å². The van der Waals surface area contributed by atoms with Gasteiger partial charge in [0.15, 0.2) is 0 Å². The molecule has 1 aromatic heterocycles. The van der Waals surface area contributed by atoms with E-state index in [2.05, 4.69) is 83.1 Å². The molecule has 0 radical (unpaired) electrons. The van der Waals surface area contributed by atoms with Crippen LogP contribution in [0.4, 0.5) is 5.69 Å². The average molecular weight is 436 g/mol. The van der Waals surface area contributed by atoms with E-state index in [1.165, 1.54) is 34.3 Å². The molecule has 2 N–H and O–H groups in total. The number of nitrogens with zero attached hydrogens (tertiary/aromatic N) is 3. The van der Waals surface area contributed by atoms with E-state index >= 15 is 0 Å². The Labute approximate surface area is 187 Å². The molecule has 7 heteroatoms. The Balaban J connectivity index is 0.000000312. The minimum atomic E-state index is -1.26. The molecule has 4 rings (SSSR count). The van der Waals surface area contributed by atoms with Gasteiger partial charge in [-0.15, -0.1) is 0 Å². The summed E-state index contributed by atoms with van der Waals surface area (Å²) < 4.78 is 2.49. The van der Waals surface area contributed by atoms with Crippen LogP contribution in [0, 0.1) is 0 Å². The molecule has 32 heavy (non-hydrogen) atoms. The van der Waals surface area contributed by atoms with Crippen LogP contribution in [0.5, 0.6) is 0 Å². The van der Waals surface area contributed by atoms with E-state index in [4.69, 9.17) is 10.2 Å². The van der Waals surface area contributed by atoms with Crippen molar-refractivity contribution in [1.29, 1.82) is 0 Å². The molecule has 0 saturated heterocycles. The normalized spacial score (nSPS) is 12.8. The minimum Gasteiger partial charge on any atom is -0.478 e. The number of rotatable bonds is 6. The molecule has 1 aliphatic rings. The van der Waals surface area contributed by atoms with Gasteiger partial charge in [0, 0.05) is 42.1 Å². The number of carboxylic acids is 2. The summed E-state index contributed by atoms with van der Waals surface area (Å²) in [5, 5.41) is 17.0. The molecule has 0 aliphatic carbocycles. The molecule has 2 heterocycles. The Hall–Kier alpha value is -3.58. The fourth-order valence-corrected chi connectivity index (χ4v) is 3.91. The summed E-state index contributed by atoms with van der Waals surface area (Å²) in [6, 6.07) is 20.0. The quantitative estimate of drug-likeness (QED) is 0.575. The van der Waals surface area contributed by atoms with Crippen LogP contribution in [0.25, 0.3) is 10.9 Å². The van der Waals surface area contributed by atoms with Crippen LogP contribution in [0.15, 0.2) is 66.7 Å². The van der Waals surface area contributed by atoms with Gasteiger partial charge in [-0.25, -0.2) is 9.59 Å². The van der Waals surface area contributed by atoms with Crippen LogP contribution in [-0.4, -0.2) is 58.8 Å². The minimum absolute atomic E-state index is 0.558. The van der Waals surface area contributed by atoms with Gasteiger partial charge in [0.05, 0.1) is 6.54 Å². The molecule has 0 saturated carbocycles. The molecule has 0 fully saturated rings. The van der Waals surface area contributed by atoms with Crippen molar-refractivity contribution in [1.82, 2.24) is 9.47 Å². The maximum atomic E-state index is 9.55. The first kappa shape index (κ1) is 23.1. The molecule has 3 aromatic rings. The molecule has 2 aromatic carbocycles. The lowest BCUT2D eigenvalue weighted by Crippen LogP contribution is -2.27. The average Bonchev–Trinajstić information content (AvgIpc) is 3.01. The van der Waals surface area contributed by atoms with Crippen LogP contribution < -0.4 is 4.90 Å². The number of hydrogen-bond donors (Lipinski definition) is 2. The summed E-state index contributed by atoms with van der Waals surface area (Å²) in [5.74, 6) is -2.51. The van der Waals surface area contributed by atoms with E-state index in [0.29, 0.717) is 12.2 Å². The first-order chi connectivity index (χ1) is 15.3. The smallest absolute Gasteiger partial charge is 0.328 e. The Morgan fingerprint density at radius 3 is 2.31 bits per heavy atom. The van der Waals surface area contributed by atoms with Gasteiger partial charge in [-0.1, -0.05) is 36.4 Å². The Bertz CT molecular complexity index is 1100. The van der Waals surface area contributed by atoms with Crippen molar-refractivity contribution in [3.8, 4) is 0 Å². The van der Waals surface area contributed by atoms with Gasteiger partial charge >= 0.3 is 11.9 Å². The zero-order valence-corrected chi connectivity index (χ0v) is 18.4. The molecule has 0 bridgehead atoms. The lowest BCUT2D eigenvalue weighted by Gasteiger charge is -2.25. The largest absolute Gasteiger partial charge is 0.478 e. The number of aromatic nitrogens is 1. The number of aliphatic carboxylic acids is 2. The summed E-state index contributed by atoms with van der Waals surface area (Å²) in [6.07, 6.45) is 2.30. The zero-order valence-electron chi connectivity index (χ0n) is 18.4. The summed E-state index contributed by atoms with van der Waals surface area (Å²) >= 11 is 0. The van der Waals surface area contributed by atoms with Crippen molar-refractivity contribution >= 4 is 28.5 Å². The molecule has 1 aliphatic heterocycles. The van der Waals surface area contributed by atoms with Crippen LogP contribution in [-0.2, 0) is 22.7 Å². The number of carbonyl (C=O) groups is 2. The van der Waals surface area contributed by atoms with Gasteiger partial charge in [-0.05, 0) is 56.2 Å². The molecule has 0 unspecified atom stereocenters. The van der Waals surface area contributed by atoms with Gasteiger partial charge in [0.1, 0.15) is 0 Å². The molecule has 7 nitrogen and oxygen atoms in total. The van der Waals surface area contributed by atoms with E-state index < -0.39 is 11.9 Å². The Kier molecular flexibility index (Phi) is 7.68. The maximum absolute atomic E-state index is 9.55. The van der Waals surface area contributed by atoms with Gasteiger partial charge < -0.3 is 24.6 Å². The van der Waals surface area contributed by atoms with E-state index in [0.717, 1.165) is 26.2 Å². The third kappa shape index (κ3) is 5.98. The predicted octanol–water partition coefficient (Wildman–Crippen LogP) is 3.67. The van der Waals surface area contributed by atoms with Crippen LogP contribution in [0.1, 0.15) is 17.7 Å².